The monoisotopic (exact) mass is 544 g/mol. The Hall–Kier alpha value is -1.22. The zero-order valence-electron chi connectivity index (χ0n) is 25.0. The van der Waals surface area contributed by atoms with Crippen LogP contribution < -0.4 is 11.1 Å². The summed E-state index contributed by atoms with van der Waals surface area (Å²) in [5.41, 5.74) is 4.96. The number of esters is 1. The maximum Gasteiger partial charge on any atom is 0.306 e. The molecule has 0 atom stereocenters. The fourth-order valence-corrected chi connectivity index (χ4v) is 4.04. The summed E-state index contributed by atoms with van der Waals surface area (Å²) in [6.07, 6.45) is 18.2. The first-order chi connectivity index (χ1) is 18.3. The third-order valence-corrected chi connectivity index (χ3v) is 6.03. The molecule has 38 heavy (non-hydrogen) atoms. The second-order valence-electron chi connectivity index (χ2n) is 11.0. The van der Waals surface area contributed by atoms with Crippen molar-refractivity contribution in [3.63, 3.8) is 0 Å². The summed E-state index contributed by atoms with van der Waals surface area (Å²) in [6.45, 7) is 10.0. The molecule has 8 nitrogen and oxygen atoms in total. The lowest BCUT2D eigenvalue weighted by Gasteiger charge is -2.19. The van der Waals surface area contributed by atoms with Gasteiger partial charge in [-0.25, -0.2) is 0 Å². The number of hydrogen-bond acceptors (Lipinski definition) is 7. The number of hydrogen-bond donors (Lipinski definition) is 2. The number of nitrogens with one attached hydrogen (secondary N) is 1. The highest BCUT2D eigenvalue weighted by molar-refractivity contribution is 5.75. The number of ether oxygens (including phenoxy) is 4. The first kappa shape index (κ1) is 36.8. The number of unbranched alkanes of at least 4 members (excludes halogenated alkanes) is 13. The van der Waals surface area contributed by atoms with Gasteiger partial charge in [0, 0.05) is 25.9 Å². The average Bonchev–Trinajstić information content (AvgIpc) is 2.86. The molecule has 226 valence electrons. The van der Waals surface area contributed by atoms with E-state index in [1.54, 1.807) is 0 Å². The van der Waals surface area contributed by atoms with Gasteiger partial charge in [-0.05, 0) is 33.6 Å². The molecular formula is C30H60N2O6. The molecule has 0 aliphatic heterocycles. The molecule has 3 N–H and O–H groups in total. The van der Waals surface area contributed by atoms with E-state index in [2.05, 4.69) is 5.32 Å². The number of amides is 1. The van der Waals surface area contributed by atoms with E-state index in [0.29, 0.717) is 65.6 Å². The molecule has 0 radical (unpaired) electrons. The Balaban J connectivity index is 3.21. The first-order valence-electron chi connectivity index (χ1n) is 15.3. The molecular weight excluding hydrogens is 484 g/mol. The SMILES string of the molecule is CC(C)(C)OC(=O)CCCCCCCCCCCCCCCCC(=O)NCCOCCOCCOCCN. The second-order valence-corrected chi connectivity index (χ2v) is 11.0. The summed E-state index contributed by atoms with van der Waals surface area (Å²) in [7, 11) is 0. The Labute approximate surface area is 233 Å². The van der Waals surface area contributed by atoms with Crippen molar-refractivity contribution < 1.29 is 28.5 Å². The number of carbonyl (C=O) groups is 2. The zero-order chi connectivity index (χ0) is 28.2. The third kappa shape index (κ3) is 31.0. The van der Waals surface area contributed by atoms with Gasteiger partial charge in [0.1, 0.15) is 5.60 Å². The fraction of sp³-hybridized carbons (Fsp3) is 0.933. The molecule has 0 fully saturated rings. The average molecular weight is 545 g/mol. The summed E-state index contributed by atoms with van der Waals surface area (Å²) in [6, 6.07) is 0. The fourth-order valence-electron chi connectivity index (χ4n) is 4.04. The zero-order valence-corrected chi connectivity index (χ0v) is 25.0. The van der Waals surface area contributed by atoms with Crippen LogP contribution in [0.5, 0.6) is 0 Å². The van der Waals surface area contributed by atoms with E-state index in [1.165, 1.54) is 64.2 Å². The molecule has 0 spiro atoms. The second kappa shape index (κ2) is 27.4. The van der Waals surface area contributed by atoms with Crippen LogP contribution >= 0.6 is 0 Å². The molecule has 8 heteroatoms. The van der Waals surface area contributed by atoms with Crippen molar-refractivity contribution in [3.05, 3.63) is 0 Å². The van der Waals surface area contributed by atoms with Crippen molar-refractivity contribution in [1.29, 1.82) is 0 Å². The van der Waals surface area contributed by atoms with Crippen molar-refractivity contribution in [1.82, 2.24) is 5.32 Å². The number of nitrogens with two attached hydrogens (primary N) is 1. The minimum atomic E-state index is -0.371. The smallest absolute Gasteiger partial charge is 0.306 e. The Morgan fingerprint density at radius 3 is 1.42 bits per heavy atom. The van der Waals surface area contributed by atoms with Gasteiger partial charge in [-0.2, -0.15) is 0 Å². The van der Waals surface area contributed by atoms with Crippen LogP contribution in [-0.2, 0) is 28.5 Å². The van der Waals surface area contributed by atoms with Crippen LogP contribution in [0.3, 0.4) is 0 Å². The molecule has 0 heterocycles. The first-order valence-corrected chi connectivity index (χ1v) is 15.3. The van der Waals surface area contributed by atoms with Crippen molar-refractivity contribution in [3.8, 4) is 0 Å². The molecule has 1 amide bonds. The molecule has 0 aromatic carbocycles. The van der Waals surface area contributed by atoms with E-state index in [4.69, 9.17) is 24.7 Å². The molecule has 0 rings (SSSR count). The van der Waals surface area contributed by atoms with Crippen molar-refractivity contribution in [2.24, 2.45) is 5.73 Å². The van der Waals surface area contributed by atoms with Gasteiger partial charge in [-0.15, -0.1) is 0 Å². The molecule has 0 aliphatic rings. The summed E-state index contributed by atoms with van der Waals surface area (Å²) >= 11 is 0. The maximum atomic E-state index is 11.9. The van der Waals surface area contributed by atoms with Crippen LogP contribution in [0.25, 0.3) is 0 Å². The molecule has 0 aliphatic carbocycles. The minimum Gasteiger partial charge on any atom is -0.460 e. The molecule has 0 aromatic rings. The molecule has 0 saturated carbocycles. The standard InChI is InChI=1S/C30H60N2O6/c1-30(2,3)38-29(34)19-17-15-13-11-9-7-5-4-6-8-10-12-14-16-18-28(33)32-21-23-36-25-27-37-26-24-35-22-20-31/h4-27,31H2,1-3H3,(H,32,33). The van der Waals surface area contributed by atoms with Gasteiger partial charge in [0.2, 0.25) is 5.91 Å². The predicted molar refractivity (Wildman–Crippen MR) is 154 cm³/mol. The van der Waals surface area contributed by atoms with Gasteiger partial charge in [-0.3, -0.25) is 9.59 Å². The summed E-state index contributed by atoms with van der Waals surface area (Å²) in [4.78, 5) is 23.5. The van der Waals surface area contributed by atoms with Crippen LogP contribution in [0.4, 0.5) is 0 Å². The van der Waals surface area contributed by atoms with Crippen LogP contribution in [0.1, 0.15) is 124 Å². The third-order valence-electron chi connectivity index (χ3n) is 6.03. The molecule has 0 saturated heterocycles. The Bertz CT molecular complexity index is 539. The van der Waals surface area contributed by atoms with Crippen LogP contribution in [0, 0.1) is 0 Å². The van der Waals surface area contributed by atoms with Crippen molar-refractivity contribution in [2.45, 2.75) is 129 Å². The topological polar surface area (TPSA) is 109 Å². The number of carbonyl (C=O) groups excluding carboxylic acids is 2. The number of rotatable bonds is 28. The van der Waals surface area contributed by atoms with Gasteiger partial charge in [0.25, 0.3) is 0 Å². The Kier molecular flexibility index (Phi) is 26.5. The van der Waals surface area contributed by atoms with E-state index in [0.717, 1.165) is 25.7 Å². The van der Waals surface area contributed by atoms with Crippen molar-refractivity contribution >= 4 is 11.9 Å². The van der Waals surface area contributed by atoms with Crippen LogP contribution in [0.2, 0.25) is 0 Å². The quantitative estimate of drug-likeness (QED) is 0.0961. The van der Waals surface area contributed by atoms with E-state index in [1.807, 2.05) is 20.8 Å². The van der Waals surface area contributed by atoms with Crippen LogP contribution in [0.15, 0.2) is 0 Å². The normalized spacial score (nSPS) is 11.6. The Morgan fingerprint density at radius 1 is 0.579 bits per heavy atom. The summed E-state index contributed by atoms with van der Waals surface area (Å²) < 4.78 is 21.4. The maximum absolute atomic E-state index is 11.9. The lowest BCUT2D eigenvalue weighted by molar-refractivity contribution is -0.154. The van der Waals surface area contributed by atoms with E-state index >= 15 is 0 Å². The molecule has 0 bridgehead atoms. The van der Waals surface area contributed by atoms with Crippen molar-refractivity contribution in [2.75, 3.05) is 52.7 Å². The molecule has 0 aromatic heterocycles. The van der Waals surface area contributed by atoms with Gasteiger partial charge in [-0.1, -0.05) is 77.0 Å². The van der Waals surface area contributed by atoms with E-state index in [9.17, 15) is 9.59 Å². The lowest BCUT2D eigenvalue weighted by Crippen LogP contribution is -2.27. The highest BCUT2D eigenvalue weighted by atomic mass is 16.6. The van der Waals surface area contributed by atoms with Crippen LogP contribution in [-0.4, -0.2) is 70.2 Å². The highest BCUT2D eigenvalue weighted by Crippen LogP contribution is 2.15. The van der Waals surface area contributed by atoms with Gasteiger partial charge in [0.05, 0.1) is 39.6 Å². The largest absolute Gasteiger partial charge is 0.460 e. The van der Waals surface area contributed by atoms with Gasteiger partial charge < -0.3 is 30.0 Å². The highest BCUT2D eigenvalue weighted by Gasteiger charge is 2.15. The summed E-state index contributed by atoms with van der Waals surface area (Å²) in [5, 5.41) is 2.91. The predicted octanol–water partition coefficient (Wildman–Crippen LogP) is 5.69. The van der Waals surface area contributed by atoms with Gasteiger partial charge >= 0.3 is 5.97 Å². The summed E-state index contributed by atoms with van der Waals surface area (Å²) in [5.74, 6) is 0.0461. The van der Waals surface area contributed by atoms with E-state index in [-0.39, 0.29) is 17.5 Å². The molecule has 0 unspecified atom stereocenters. The lowest BCUT2D eigenvalue weighted by atomic mass is 10.0. The minimum absolute atomic E-state index is 0.0695. The van der Waals surface area contributed by atoms with E-state index < -0.39 is 0 Å². The van der Waals surface area contributed by atoms with Gasteiger partial charge in [0.15, 0.2) is 0 Å². The Morgan fingerprint density at radius 2 is 0.974 bits per heavy atom.